The van der Waals surface area contributed by atoms with E-state index in [1.807, 2.05) is 60.6 Å². The van der Waals surface area contributed by atoms with Gasteiger partial charge in [-0.3, -0.25) is 4.79 Å². The first-order valence-electron chi connectivity index (χ1n) is 9.77. The van der Waals surface area contributed by atoms with Crippen LogP contribution in [0.15, 0.2) is 58.6 Å². The molecule has 160 valence electrons. The van der Waals surface area contributed by atoms with Gasteiger partial charge in [-0.15, -0.1) is 0 Å². The topological polar surface area (TPSA) is 98.3 Å². The molecule has 0 aliphatic heterocycles. The molecule has 9 heteroatoms. The fourth-order valence-corrected chi connectivity index (χ4v) is 4.88. The van der Waals surface area contributed by atoms with Crippen LogP contribution in [0.3, 0.4) is 0 Å². The second kappa shape index (κ2) is 9.20. The predicted octanol–water partition coefficient (Wildman–Crippen LogP) is 3.23. The Morgan fingerprint density at radius 3 is 2.50 bits per heavy atom. The maximum absolute atomic E-state index is 13.1. The van der Waals surface area contributed by atoms with E-state index in [9.17, 15) is 13.2 Å². The van der Waals surface area contributed by atoms with E-state index in [-0.39, 0.29) is 16.1 Å². The van der Waals surface area contributed by atoms with Gasteiger partial charge in [0.25, 0.3) is 0 Å². The molecule has 0 aliphatic rings. The Bertz CT molecular complexity index is 1140. The van der Waals surface area contributed by atoms with Gasteiger partial charge in [-0.05, 0) is 44.5 Å². The Morgan fingerprint density at radius 2 is 1.90 bits per heavy atom. The number of imidazole rings is 1. The lowest BCUT2D eigenvalue weighted by molar-refractivity contribution is -0.130. The minimum absolute atomic E-state index is 0.0245. The first kappa shape index (κ1) is 22.3. The number of benzene rings is 2. The summed E-state index contributed by atoms with van der Waals surface area (Å²) in [7, 11) is -3.80. The Balaban J connectivity index is 1.84. The predicted molar refractivity (Wildman–Crippen MR) is 120 cm³/mol. The third-order valence-electron chi connectivity index (χ3n) is 4.87. The number of aromatic nitrogens is 2. The number of carbonyl (C=O) groups is 1. The van der Waals surface area contributed by atoms with Crippen LogP contribution >= 0.6 is 11.8 Å². The quantitative estimate of drug-likeness (QED) is 0.536. The van der Waals surface area contributed by atoms with E-state index in [0.717, 1.165) is 11.1 Å². The van der Waals surface area contributed by atoms with Gasteiger partial charge < -0.3 is 9.47 Å². The molecule has 30 heavy (non-hydrogen) atoms. The van der Waals surface area contributed by atoms with Crippen LogP contribution in [-0.4, -0.2) is 40.6 Å². The van der Waals surface area contributed by atoms with Crippen LogP contribution in [0.25, 0.3) is 11.0 Å². The summed E-state index contributed by atoms with van der Waals surface area (Å²) in [5.74, 6) is 0.0336. The van der Waals surface area contributed by atoms with Gasteiger partial charge in [0.15, 0.2) is 5.16 Å². The number of hydrogen-bond acceptors (Lipinski definition) is 5. The van der Waals surface area contributed by atoms with Crippen molar-refractivity contribution in [2.45, 2.75) is 49.2 Å². The molecule has 0 aliphatic carbocycles. The van der Waals surface area contributed by atoms with Gasteiger partial charge in [0, 0.05) is 19.6 Å². The fraction of sp³-hybridized carbons (Fsp3) is 0.333. The Morgan fingerprint density at radius 1 is 1.20 bits per heavy atom. The van der Waals surface area contributed by atoms with Crippen molar-refractivity contribution in [3.8, 4) is 0 Å². The number of nitrogens with zero attached hydrogens (tertiary/aromatic N) is 3. The standard InChI is InChI=1S/C21H26N4O3S2/c1-4-24(14-16-9-7-6-8-10-16)20(26)15(3)29-21-23-18-13-17(30(22,27)28)11-12-19(18)25(21)5-2/h6-13,15H,4-5,14H2,1-3H3,(H2,22,27,28). The maximum Gasteiger partial charge on any atom is 0.238 e. The van der Waals surface area contributed by atoms with Gasteiger partial charge in [0.05, 0.1) is 21.2 Å². The molecular formula is C21H26N4O3S2. The van der Waals surface area contributed by atoms with E-state index in [1.165, 1.54) is 23.9 Å². The minimum Gasteiger partial charge on any atom is -0.338 e. The largest absolute Gasteiger partial charge is 0.338 e. The molecule has 0 saturated carbocycles. The number of aryl methyl sites for hydroxylation is 1. The van der Waals surface area contributed by atoms with Crippen molar-refractivity contribution in [2.75, 3.05) is 6.54 Å². The molecule has 2 aromatic carbocycles. The van der Waals surface area contributed by atoms with Crippen LogP contribution in [0.5, 0.6) is 0 Å². The number of rotatable bonds is 8. The van der Waals surface area contributed by atoms with Gasteiger partial charge in [-0.25, -0.2) is 18.5 Å². The Hall–Kier alpha value is -2.36. The van der Waals surface area contributed by atoms with E-state index in [2.05, 4.69) is 4.98 Å². The van der Waals surface area contributed by atoms with Crippen molar-refractivity contribution in [1.29, 1.82) is 0 Å². The van der Waals surface area contributed by atoms with Crippen LogP contribution in [0.4, 0.5) is 0 Å². The van der Waals surface area contributed by atoms with Crippen molar-refractivity contribution in [3.63, 3.8) is 0 Å². The number of primary sulfonamides is 1. The van der Waals surface area contributed by atoms with Gasteiger partial charge in [-0.2, -0.15) is 0 Å². The first-order valence-corrected chi connectivity index (χ1v) is 12.2. The number of thioether (sulfide) groups is 1. The maximum atomic E-state index is 13.1. The minimum atomic E-state index is -3.80. The van der Waals surface area contributed by atoms with E-state index in [0.29, 0.717) is 30.3 Å². The zero-order chi connectivity index (χ0) is 21.9. The van der Waals surface area contributed by atoms with Crippen LogP contribution in [-0.2, 0) is 27.9 Å². The van der Waals surface area contributed by atoms with Gasteiger partial charge >= 0.3 is 0 Å². The zero-order valence-corrected chi connectivity index (χ0v) is 18.9. The molecule has 1 aromatic heterocycles. The molecule has 0 spiro atoms. The highest BCUT2D eigenvalue weighted by Crippen LogP contribution is 2.29. The molecule has 0 radical (unpaired) electrons. The molecule has 3 rings (SSSR count). The number of hydrogen-bond donors (Lipinski definition) is 1. The van der Waals surface area contributed by atoms with Crippen molar-refractivity contribution in [2.24, 2.45) is 5.14 Å². The molecule has 3 aromatic rings. The number of nitrogens with two attached hydrogens (primary N) is 1. The lowest BCUT2D eigenvalue weighted by Gasteiger charge is -2.24. The lowest BCUT2D eigenvalue weighted by Crippen LogP contribution is -2.36. The van der Waals surface area contributed by atoms with E-state index >= 15 is 0 Å². The summed E-state index contributed by atoms with van der Waals surface area (Å²) >= 11 is 1.38. The third kappa shape index (κ3) is 4.85. The van der Waals surface area contributed by atoms with Crippen LogP contribution in [0, 0.1) is 0 Å². The van der Waals surface area contributed by atoms with E-state index in [1.54, 1.807) is 6.07 Å². The van der Waals surface area contributed by atoms with E-state index in [4.69, 9.17) is 5.14 Å². The molecule has 1 atom stereocenters. The Kier molecular flexibility index (Phi) is 6.84. The summed E-state index contributed by atoms with van der Waals surface area (Å²) in [6.45, 7) is 7.64. The van der Waals surface area contributed by atoms with Crippen molar-refractivity contribution in [1.82, 2.24) is 14.5 Å². The highest BCUT2D eigenvalue weighted by Gasteiger charge is 2.23. The third-order valence-corrected chi connectivity index (χ3v) is 6.86. The normalized spacial score (nSPS) is 12.8. The molecule has 1 heterocycles. The summed E-state index contributed by atoms with van der Waals surface area (Å²) in [5.41, 5.74) is 2.44. The monoisotopic (exact) mass is 446 g/mol. The molecule has 0 bridgehead atoms. The first-order chi connectivity index (χ1) is 14.2. The average Bonchev–Trinajstić information content (AvgIpc) is 3.07. The molecule has 1 unspecified atom stereocenters. The average molecular weight is 447 g/mol. The summed E-state index contributed by atoms with van der Waals surface area (Å²) < 4.78 is 25.3. The molecule has 7 nitrogen and oxygen atoms in total. The second-order valence-corrected chi connectivity index (χ2v) is 9.80. The second-order valence-electron chi connectivity index (χ2n) is 6.93. The SMILES string of the molecule is CCN(Cc1ccccc1)C(=O)C(C)Sc1nc2cc(S(N)(=O)=O)ccc2n1CC. The molecular weight excluding hydrogens is 420 g/mol. The van der Waals surface area contributed by atoms with Crippen LogP contribution in [0.1, 0.15) is 26.3 Å². The van der Waals surface area contributed by atoms with Gasteiger partial charge in [0.1, 0.15) is 0 Å². The Labute approximate surface area is 181 Å². The van der Waals surface area contributed by atoms with Crippen LogP contribution in [0.2, 0.25) is 0 Å². The number of sulfonamides is 1. The summed E-state index contributed by atoms with van der Waals surface area (Å²) in [4.78, 5) is 19.5. The van der Waals surface area contributed by atoms with Crippen molar-refractivity contribution < 1.29 is 13.2 Å². The van der Waals surface area contributed by atoms with E-state index < -0.39 is 10.0 Å². The summed E-state index contributed by atoms with van der Waals surface area (Å²) in [5, 5.41) is 5.58. The molecule has 0 saturated heterocycles. The number of carbonyl (C=O) groups excluding carboxylic acids is 1. The molecule has 2 N–H and O–H groups in total. The summed E-state index contributed by atoms with van der Waals surface area (Å²) in [6, 6.07) is 14.6. The van der Waals surface area contributed by atoms with Crippen molar-refractivity contribution >= 4 is 38.7 Å². The number of fused-ring (bicyclic) bond motifs is 1. The highest BCUT2D eigenvalue weighted by atomic mass is 32.2. The highest BCUT2D eigenvalue weighted by molar-refractivity contribution is 8.00. The molecule has 0 fully saturated rings. The fourth-order valence-electron chi connectivity index (χ4n) is 3.28. The van der Waals surface area contributed by atoms with Gasteiger partial charge in [0.2, 0.25) is 15.9 Å². The number of amides is 1. The summed E-state index contributed by atoms with van der Waals surface area (Å²) in [6.07, 6.45) is 0. The lowest BCUT2D eigenvalue weighted by atomic mass is 10.2. The van der Waals surface area contributed by atoms with Crippen molar-refractivity contribution in [3.05, 3.63) is 54.1 Å². The van der Waals surface area contributed by atoms with Gasteiger partial charge in [-0.1, -0.05) is 42.1 Å². The smallest absolute Gasteiger partial charge is 0.238 e. The van der Waals surface area contributed by atoms with Crippen LogP contribution < -0.4 is 5.14 Å². The molecule has 1 amide bonds. The zero-order valence-electron chi connectivity index (χ0n) is 17.3.